The molecule has 0 aromatic carbocycles. The number of hydrogen-bond acceptors (Lipinski definition) is 4. The van der Waals surface area contributed by atoms with E-state index in [-0.39, 0.29) is 0 Å². The van der Waals surface area contributed by atoms with Crippen LogP contribution < -0.4 is 4.90 Å². The molecule has 88 valence electrons. The smallest absolute Gasteiger partial charge is 0.128 e. The van der Waals surface area contributed by atoms with E-state index in [1.807, 2.05) is 12.1 Å². The summed E-state index contributed by atoms with van der Waals surface area (Å²) in [7, 11) is 1.75. The van der Waals surface area contributed by atoms with Crippen LogP contribution in [0.1, 0.15) is 25.0 Å². The summed E-state index contributed by atoms with van der Waals surface area (Å²) < 4.78 is 5.32. The van der Waals surface area contributed by atoms with Gasteiger partial charge in [-0.2, -0.15) is 0 Å². The van der Waals surface area contributed by atoms with Gasteiger partial charge in [-0.05, 0) is 25.0 Å². The van der Waals surface area contributed by atoms with Crippen molar-refractivity contribution in [2.24, 2.45) is 0 Å². The minimum atomic E-state index is -0.452. The second kappa shape index (κ2) is 4.80. The van der Waals surface area contributed by atoms with E-state index in [9.17, 15) is 5.11 Å². The lowest BCUT2D eigenvalue weighted by atomic mass is 10.2. The molecule has 16 heavy (non-hydrogen) atoms. The Hall–Kier alpha value is -1.13. The van der Waals surface area contributed by atoms with E-state index in [1.54, 1.807) is 20.2 Å². The molecule has 1 aliphatic rings. The fourth-order valence-electron chi connectivity index (χ4n) is 1.96. The summed E-state index contributed by atoms with van der Waals surface area (Å²) in [4.78, 5) is 6.57. The number of nitrogens with zero attached hydrogens (tertiary/aromatic N) is 2. The molecule has 1 fully saturated rings. The second-order valence-corrected chi connectivity index (χ2v) is 4.22. The predicted octanol–water partition coefficient (Wildman–Crippen LogP) is 1.36. The molecule has 4 heteroatoms. The molecule has 2 heterocycles. The number of aliphatic hydroxyl groups is 1. The van der Waals surface area contributed by atoms with Crippen LogP contribution >= 0.6 is 0 Å². The molecule has 1 saturated heterocycles. The standard InChI is InChI=1S/C12H18N2O2/c1-9(15)10-3-4-12(13-7-10)14-6-5-11(8-14)16-2/h3-4,7,9,11,15H,5-6,8H2,1-2H3/t9-,11?/m0/s1. The van der Waals surface area contributed by atoms with Crippen molar-refractivity contribution in [3.63, 3.8) is 0 Å². The molecule has 2 rings (SSSR count). The molecular weight excluding hydrogens is 204 g/mol. The maximum atomic E-state index is 9.39. The fraction of sp³-hybridized carbons (Fsp3) is 0.583. The minimum absolute atomic E-state index is 0.318. The molecule has 1 N–H and O–H groups in total. The molecule has 1 aromatic rings. The van der Waals surface area contributed by atoms with E-state index < -0.39 is 6.10 Å². The average Bonchev–Trinajstić information content (AvgIpc) is 2.77. The Morgan fingerprint density at radius 1 is 1.56 bits per heavy atom. The molecule has 0 radical (unpaired) electrons. The summed E-state index contributed by atoms with van der Waals surface area (Å²) in [6.07, 6.45) is 2.65. The van der Waals surface area contributed by atoms with Crippen molar-refractivity contribution in [1.29, 1.82) is 0 Å². The largest absolute Gasteiger partial charge is 0.389 e. The van der Waals surface area contributed by atoms with Gasteiger partial charge in [0.25, 0.3) is 0 Å². The van der Waals surface area contributed by atoms with Gasteiger partial charge in [-0.3, -0.25) is 0 Å². The summed E-state index contributed by atoms with van der Waals surface area (Å²) >= 11 is 0. The Morgan fingerprint density at radius 2 is 2.38 bits per heavy atom. The van der Waals surface area contributed by atoms with Crippen molar-refractivity contribution in [2.75, 3.05) is 25.1 Å². The first-order chi connectivity index (χ1) is 7.70. The van der Waals surface area contributed by atoms with Gasteiger partial charge in [0.1, 0.15) is 5.82 Å². The third kappa shape index (κ3) is 2.33. The molecule has 0 spiro atoms. The number of hydrogen-bond donors (Lipinski definition) is 1. The highest BCUT2D eigenvalue weighted by Gasteiger charge is 2.22. The summed E-state index contributed by atoms with van der Waals surface area (Å²) in [5, 5.41) is 9.39. The van der Waals surface area contributed by atoms with Crippen LogP contribution in [0.2, 0.25) is 0 Å². The number of ether oxygens (including phenoxy) is 1. The molecule has 1 aliphatic heterocycles. The highest BCUT2D eigenvalue weighted by molar-refractivity contribution is 5.41. The van der Waals surface area contributed by atoms with Crippen LogP contribution in [-0.2, 0) is 4.74 Å². The Labute approximate surface area is 95.9 Å². The number of aromatic nitrogens is 1. The SMILES string of the molecule is COC1CCN(c2ccc([C@H](C)O)cn2)C1. The highest BCUT2D eigenvalue weighted by Crippen LogP contribution is 2.21. The van der Waals surface area contributed by atoms with Crippen LogP contribution in [0.5, 0.6) is 0 Å². The zero-order valence-corrected chi connectivity index (χ0v) is 9.76. The predicted molar refractivity (Wildman–Crippen MR) is 62.5 cm³/mol. The van der Waals surface area contributed by atoms with E-state index in [0.29, 0.717) is 6.10 Å². The van der Waals surface area contributed by atoms with Crippen LogP contribution in [0.4, 0.5) is 5.82 Å². The summed E-state index contributed by atoms with van der Waals surface area (Å²) in [5.74, 6) is 0.962. The zero-order valence-electron chi connectivity index (χ0n) is 9.76. The van der Waals surface area contributed by atoms with Gasteiger partial charge in [0.2, 0.25) is 0 Å². The second-order valence-electron chi connectivity index (χ2n) is 4.22. The van der Waals surface area contributed by atoms with E-state index >= 15 is 0 Å². The lowest BCUT2D eigenvalue weighted by Gasteiger charge is -2.17. The Bertz CT molecular complexity index is 337. The van der Waals surface area contributed by atoms with Crippen molar-refractivity contribution >= 4 is 5.82 Å². The van der Waals surface area contributed by atoms with Crippen LogP contribution in [0.25, 0.3) is 0 Å². The lowest BCUT2D eigenvalue weighted by molar-refractivity contribution is 0.121. The third-order valence-electron chi connectivity index (χ3n) is 3.06. The molecule has 0 saturated carbocycles. The molecule has 1 unspecified atom stereocenters. The summed E-state index contributed by atoms with van der Waals surface area (Å²) in [6.45, 7) is 3.63. The molecular formula is C12H18N2O2. The number of pyridine rings is 1. The van der Waals surface area contributed by atoms with Crippen LogP contribution in [0, 0.1) is 0 Å². The van der Waals surface area contributed by atoms with Crippen molar-refractivity contribution in [1.82, 2.24) is 4.98 Å². The van der Waals surface area contributed by atoms with Gasteiger partial charge in [-0.1, -0.05) is 6.07 Å². The van der Waals surface area contributed by atoms with E-state index in [1.165, 1.54) is 0 Å². The number of aliphatic hydroxyl groups excluding tert-OH is 1. The van der Waals surface area contributed by atoms with Crippen LogP contribution in [-0.4, -0.2) is 36.4 Å². The average molecular weight is 222 g/mol. The minimum Gasteiger partial charge on any atom is -0.389 e. The van der Waals surface area contributed by atoms with E-state index in [0.717, 1.165) is 30.9 Å². The maximum absolute atomic E-state index is 9.39. The summed E-state index contributed by atoms with van der Waals surface area (Å²) in [5.41, 5.74) is 0.853. The quantitative estimate of drug-likeness (QED) is 0.838. The topological polar surface area (TPSA) is 45.6 Å². The highest BCUT2D eigenvalue weighted by atomic mass is 16.5. The molecule has 1 aromatic heterocycles. The molecule has 2 atom stereocenters. The van der Waals surface area contributed by atoms with Gasteiger partial charge in [0.05, 0.1) is 12.2 Å². The van der Waals surface area contributed by atoms with Crippen molar-refractivity contribution in [3.8, 4) is 0 Å². The third-order valence-corrected chi connectivity index (χ3v) is 3.06. The molecule has 0 aliphatic carbocycles. The van der Waals surface area contributed by atoms with Crippen molar-refractivity contribution < 1.29 is 9.84 Å². The van der Waals surface area contributed by atoms with Gasteiger partial charge in [-0.15, -0.1) is 0 Å². The van der Waals surface area contributed by atoms with Gasteiger partial charge in [0, 0.05) is 26.4 Å². The summed E-state index contributed by atoms with van der Waals surface area (Å²) in [6, 6.07) is 3.88. The first kappa shape index (κ1) is 11.4. The number of rotatable bonds is 3. The zero-order chi connectivity index (χ0) is 11.5. The molecule has 0 amide bonds. The number of anilines is 1. The monoisotopic (exact) mass is 222 g/mol. The van der Waals surface area contributed by atoms with E-state index in [2.05, 4.69) is 9.88 Å². The fourth-order valence-corrected chi connectivity index (χ4v) is 1.96. The van der Waals surface area contributed by atoms with Gasteiger partial charge >= 0.3 is 0 Å². The normalized spacial score (nSPS) is 22.4. The van der Waals surface area contributed by atoms with Crippen molar-refractivity contribution in [2.45, 2.75) is 25.6 Å². The van der Waals surface area contributed by atoms with Crippen LogP contribution in [0.15, 0.2) is 18.3 Å². The molecule has 4 nitrogen and oxygen atoms in total. The lowest BCUT2D eigenvalue weighted by Crippen LogP contribution is -2.23. The first-order valence-corrected chi connectivity index (χ1v) is 5.62. The number of methoxy groups -OCH3 is 1. The first-order valence-electron chi connectivity index (χ1n) is 5.62. The Kier molecular flexibility index (Phi) is 3.41. The van der Waals surface area contributed by atoms with Crippen LogP contribution in [0.3, 0.4) is 0 Å². The molecule has 0 bridgehead atoms. The van der Waals surface area contributed by atoms with Gasteiger partial charge in [0.15, 0.2) is 0 Å². The van der Waals surface area contributed by atoms with E-state index in [4.69, 9.17) is 4.74 Å². The Balaban J connectivity index is 2.05. The Morgan fingerprint density at radius 3 is 2.88 bits per heavy atom. The maximum Gasteiger partial charge on any atom is 0.128 e. The van der Waals surface area contributed by atoms with Crippen molar-refractivity contribution in [3.05, 3.63) is 23.9 Å². The van der Waals surface area contributed by atoms with Gasteiger partial charge in [-0.25, -0.2) is 4.98 Å². The van der Waals surface area contributed by atoms with Gasteiger partial charge < -0.3 is 14.7 Å².